The van der Waals surface area contributed by atoms with Crippen LogP contribution in [0.3, 0.4) is 0 Å². The summed E-state index contributed by atoms with van der Waals surface area (Å²) in [5.74, 6) is 0.499. The second-order valence-corrected chi connectivity index (χ2v) is 7.63. The summed E-state index contributed by atoms with van der Waals surface area (Å²) in [4.78, 5) is 28.0. The third-order valence-corrected chi connectivity index (χ3v) is 5.94. The van der Waals surface area contributed by atoms with Crippen molar-refractivity contribution in [1.29, 1.82) is 5.26 Å². The minimum absolute atomic E-state index is 0.154. The number of carbonyl (C=O) groups is 2. The molecule has 3 rings (SSSR count). The fourth-order valence-corrected chi connectivity index (χ4v) is 4.09. The number of likely N-dealkylation sites (N-methyl/N-ethyl adjacent to an activating group) is 1. The van der Waals surface area contributed by atoms with Gasteiger partial charge < -0.3 is 15.0 Å². The predicted molar refractivity (Wildman–Crippen MR) is 105 cm³/mol. The summed E-state index contributed by atoms with van der Waals surface area (Å²) >= 11 is 0. The Kier molecular flexibility index (Phi) is 6.53. The van der Waals surface area contributed by atoms with Crippen molar-refractivity contribution in [2.24, 2.45) is 5.92 Å². The molecule has 28 heavy (non-hydrogen) atoms. The van der Waals surface area contributed by atoms with E-state index >= 15 is 0 Å². The van der Waals surface area contributed by atoms with Crippen molar-refractivity contribution in [2.75, 3.05) is 39.8 Å². The maximum absolute atomic E-state index is 13.3. The molecule has 1 aromatic rings. The van der Waals surface area contributed by atoms with Crippen LogP contribution in [0.5, 0.6) is 5.75 Å². The fourth-order valence-electron chi connectivity index (χ4n) is 4.09. The minimum atomic E-state index is -0.266. The molecule has 1 N–H and O–H groups in total. The number of carbonyl (C=O) groups excluding carboxylic acids is 2. The quantitative estimate of drug-likeness (QED) is 0.487. The summed E-state index contributed by atoms with van der Waals surface area (Å²) < 4.78 is 6.00. The Bertz CT molecular complexity index is 735. The van der Waals surface area contributed by atoms with Gasteiger partial charge in [-0.3, -0.25) is 14.5 Å². The highest BCUT2D eigenvalue weighted by molar-refractivity contribution is 5.81. The van der Waals surface area contributed by atoms with Crippen LogP contribution in [0.2, 0.25) is 0 Å². The summed E-state index contributed by atoms with van der Waals surface area (Å²) in [5, 5.41) is 11.8. The molecule has 2 amide bonds. The number of ether oxygens (including phenoxy) is 1. The van der Waals surface area contributed by atoms with E-state index in [2.05, 4.69) is 16.3 Å². The number of amides is 2. The number of benzene rings is 1. The molecule has 2 aliphatic rings. The molecule has 1 aliphatic heterocycles. The van der Waals surface area contributed by atoms with Crippen LogP contribution in [0.4, 0.5) is 0 Å². The van der Waals surface area contributed by atoms with Crippen molar-refractivity contribution >= 4 is 12.3 Å². The van der Waals surface area contributed by atoms with E-state index in [1.54, 1.807) is 18.2 Å². The first-order valence-electron chi connectivity index (χ1n) is 9.91. The summed E-state index contributed by atoms with van der Waals surface area (Å²) in [5.41, 5.74) is 0.315. The molecule has 2 fully saturated rings. The van der Waals surface area contributed by atoms with Crippen LogP contribution in [-0.4, -0.2) is 67.5 Å². The van der Waals surface area contributed by atoms with Crippen LogP contribution in [0.15, 0.2) is 24.3 Å². The van der Waals surface area contributed by atoms with Crippen molar-refractivity contribution in [1.82, 2.24) is 15.1 Å². The van der Waals surface area contributed by atoms with E-state index in [1.165, 1.54) is 0 Å². The predicted octanol–water partition coefficient (Wildman–Crippen LogP) is 1.39. The fraction of sp³-hybridized carbons (Fsp3) is 0.571. The van der Waals surface area contributed by atoms with Gasteiger partial charge in [0.15, 0.2) is 0 Å². The number of likely N-dealkylation sites (tertiary alicyclic amines) is 1. The molecule has 150 valence electrons. The summed E-state index contributed by atoms with van der Waals surface area (Å²) in [6, 6.07) is 9.15. The molecule has 0 spiro atoms. The van der Waals surface area contributed by atoms with Gasteiger partial charge >= 0.3 is 0 Å². The van der Waals surface area contributed by atoms with Gasteiger partial charge in [-0.05, 0) is 50.9 Å². The number of nitrogens with zero attached hydrogens (tertiary/aromatic N) is 3. The maximum Gasteiger partial charge on any atom is 0.231 e. The Hall–Kier alpha value is -2.59. The minimum Gasteiger partial charge on any atom is -0.493 e. The summed E-state index contributed by atoms with van der Waals surface area (Å²) in [6.07, 6.45) is 4.68. The Morgan fingerprint density at radius 1 is 1.43 bits per heavy atom. The molecule has 1 heterocycles. The smallest absolute Gasteiger partial charge is 0.231 e. The zero-order valence-electron chi connectivity index (χ0n) is 16.4. The normalized spacial score (nSPS) is 18.4. The van der Waals surface area contributed by atoms with Crippen LogP contribution < -0.4 is 10.1 Å². The highest BCUT2D eigenvalue weighted by Crippen LogP contribution is 2.48. The molecule has 0 unspecified atom stereocenters. The molecule has 1 aliphatic carbocycles. The maximum atomic E-state index is 13.3. The number of hydrogen-bond donors (Lipinski definition) is 1. The second-order valence-electron chi connectivity index (χ2n) is 7.63. The van der Waals surface area contributed by atoms with Crippen LogP contribution in [-0.2, 0) is 9.59 Å². The van der Waals surface area contributed by atoms with Crippen LogP contribution >= 0.6 is 0 Å². The van der Waals surface area contributed by atoms with E-state index in [0.29, 0.717) is 30.8 Å². The van der Waals surface area contributed by atoms with E-state index in [1.807, 2.05) is 18.0 Å². The highest BCUT2D eigenvalue weighted by Gasteiger charge is 2.56. The van der Waals surface area contributed by atoms with Gasteiger partial charge in [0, 0.05) is 31.7 Å². The molecular weight excluding hydrogens is 356 g/mol. The number of rotatable bonds is 10. The van der Waals surface area contributed by atoms with Crippen molar-refractivity contribution in [2.45, 2.75) is 31.2 Å². The Morgan fingerprint density at radius 3 is 2.82 bits per heavy atom. The molecule has 7 nitrogen and oxygen atoms in total. The van der Waals surface area contributed by atoms with Crippen molar-refractivity contribution in [3.05, 3.63) is 29.8 Å². The lowest BCUT2D eigenvalue weighted by Crippen LogP contribution is -2.51. The lowest BCUT2D eigenvalue weighted by atomic mass is 9.94. The SMILES string of the molecule is CN(CCNC=O)C1([C@@H](COc2cccc(C#N)c2)C(=O)N2CCCC2)CC1. The van der Waals surface area contributed by atoms with Gasteiger partial charge in [-0.1, -0.05) is 6.07 Å². The molecule has 1 atom stereocenters. The largest absolute Gasteiger partial charge is 0.493 e. The first kappa shape index (κ1) is 20.2. The van der Waals surface area contributed by atoms with Gasteiger partial charge in [0.1, 0.15) is 12.4 Å². The van der Waals surface area contributed by atoms with Crippen molar-refractivity contribution in [3.8, 4) is 11.8 Å². The van der Waals surface area contributed by atoms with Crippen LogP contribution in [0.25, 0.3) is 0 Å². The topological polar surface area (TPSA) is 85.7 Å². The second kappa shape index (κ2) is 9.07. The molecule has 0 radical (unpaired) electrons. The third kappa shape index (κ3) is 4.45. The lowest BCUT2D eigenvalue weighted by Gasteiger charge is -2.36. The van der Waals surface area contributed by atoms with Gasteiger partial charge in [0.2, 0.25) is 12.3 Å². The van der Waals surface area contributed by atoms with Crippen LogP contribution in [0.1, 0.15) is 31.2 Å². The number of nitrogens with one attached hydrogen (secondary N) is 1. The van der Waals surface area contributed by atoms with E-state index in [-0.39, 0.29) is 24.0 Å². The standard InChI is InChI=1S/C21H28N4O3/c1-24(12-9-23-16-26)21(7-8-21)19(20(27)25-10-2-3-11-25)15-28-18-6-4-5-17(13-18)14-22/h4-6,13,16,19H,2-3,7-12,15H2,1H3,(H,23,26)/t19-/m0/s1. The molecule has 0 aromatic heterocycles. The molecule has 1 saturated heterocycles. The van der Waals surface area contributed by atoms with Crippen molar-refractivity contribution < 1.29 is 14.3 Å². The van der Waals surface area contributed by atoms with E-state index in [9.17, 15) is 9.59 Å². The monoisotopic (exact) mass is 384 g/mol. The van der Waals surface area contributed by atoms with E-state index < -0.39 is 0 Å². The molecule has 7 heteroatoms. The first-order chi connectivity index (χ1) is 13.6. The lowest BCUT2D eigenvalue weighted by molar-refractivity contribution is -0.138. The summed E-state index contributed by atoms with van der Waals surface area (Å²) in [7, 11) is 2.01. The molecular formula is C21H28N4O3. The average Bonchev–Trinajstić information content (AvgIpc) is 3.33. The number of nitriles is 1. The van der Waals surface area contributed by atoms with Crippen LogP contribution in [0, 0.1) is 17.2 Å². The first-order valence-corrected chi connectivity index (χ1v) is 9.91. The Balaban J connectivity index is 1.74. The zero-order valence-corrected chi connectivity index (χ0v) is 16.4. The third-order valence-electron chi connectivity index (χ3n) is 5.94. The highest BCUT2D eigenvalue weighted by atomic mass is 16.5. The van der Waals surface area contributed by atoms with Gasteiger partial charge in [0.25, 0.3) is 0 Å². The van der Waals surface area contributed by atoms with Gasteiger partial charge in [-0.15, -0.1) is 0 Å². The van der Waals surface area contributed by atoms with E-state index in [4.69, 9.17) is 10.00 Å². The van der Waals surface area contributed by atoms with Gasteiger partial charge in [-0.25, -0.2) is 0 Å². The molecule has 1 saturated carbocycles. The van der Waals surface area contributed by atoms with Gasteiger partial charge in [0.05, 0.1) is 17.6 Å². The molecule has 0 bridgehead atoms. The molecule has 1 aromatic carbocycles. The summed E-state index contributed by atoms with van der Waals surface area (Å²) in [6.45, 7) is 3.15. The zero-order chi connectivity index (χ0) is 20.0. The van der Waals surface area contributed by atoms with Crippen molar-refractivity contribution in [3.63, 3.8) is 0 Å². The number of hydrogen-bond acceptors (Lipinski definition) is 5. The van der Waals surface area contributed by atoms with E-state index in [0.717, 1.165) is 38.8 Å². The van der Waals surface area contributed by atoms with Gasteiger partial charge in [-0.2, -0.15) is 5.26 Å². The Morgan fingerprint density at radius 2 is 2.18 bits per heavy atom. The Labute approximate surface area is 166 Å². The average molecular weight is 384 g/mol.